The summed E-state index contributed by atoms with van der Waals surface area (Å²) in [6, 6.07) is 1.49. The van der Waals surface area contributed by atoms with Gasteiger partial charge >= 0.3 is 11.9 Å². The molecule has 1 aliphatic heterocycles. The zero-order valence-electron chi connectivity index (χ0n) is 30.7. The fourth-order valence-corrected chi connectivity index (χ4v) is 7.86. The number of thiazole rings is 1. The minimum Gasteiger partial charge on any atom is -0.481 e. The van der Waals surface area contributed by atoms with Crippen molar-refractivity contribution in [3.63, 3.8) is 0 Å². The second kappa shape index (κ2) is 17.7. The number of nitrogens with one attached hydrogen (secondary N) is 2. The Balaban J connectivity index is 1.49. The Morgan fingerprint density at radius 2 is 1.77 bits per heavy atom. The van der Waals surface area contributed by atoms with Crippen LogP contribution in [0.25, 0.3) is 0 Å². The first-order valence-corrected chi connectivity index (χ1v) is 18.9. The van der Waals surface area contributed by atoms with E-state index >= 15 is 0 Å². The molecule has 1 saturated carbocycles. The third-order valence-electron chi connectivity index (χ3n) is 10.0. The van der Waals surface area contributed by atoms with E-state index in [-0.39, 0.29) is 54.3 Å². The molecule has 0 bridgehead atoms. The number of aliphatic carboxylic acids is 1. The minimum atomic E-state index is -1.09. The van der Waals surface area contributed by atoms with Crippen molar-refractivity contribution < 1.29 is 42.6 Å². The van der Waals surface area contributed by atoms with Gasteiger partial charge in [-0.3, -0.25) is 28.9 Å². The molecule has 1 aliphatic carbocycles. The molecule has 1 aromatic carbocycles. The molecule has 0 radical (unpaired) electrons. The van der Waals surface area contributed by atoms with E-state index in [4.69, 9.17) is 4.74 Å². The Hall–Kier alpha value is -3.98. The average molecular weight is 748 g/mol. The Morgan fingerprint density at radius 3 is 2.35 bits per heavy atom. The number of piperidine rings is 1. The van der Waals surface area contributed by atoms with Crippen molar-refractivity contribution >= 4 is 41.0 Å². The van der Waals surface area contributed by atoms with Crippen molar-refractivity contribution in [1.29, 1.82) is 0 Å². The van der Waals surface area contributed by atoms with E-state index < -0.39 is 59.1 Å². The van der Waals surface area contributed by atoms with Gasteiger partial charge in [-0.15, -0.1) is 11.3 Å². The zero-order valence-corrected chi connectivity index (χ0v) is 31.6. The molecule has 2 fully saturated rings. The maximum absolute atomic E-state index is 14.0. The first kappa shape index (κ1) is 40.8. The first-order chi connectivity index (χ1) is 24.5. The lowest BCUT2D eigenvalue weighted by Crippen LogP contribution is -2.58. The molecule has 12 nitrogen and oxygen atoms in total. The molecule has 52 heavy (non-hydrogen) atoms. The Morgan fingerprint density at radius 1 is 1.10 bits per heavy atom. The van der Waals surface area contributed by atoms with Crippen molar-refractivity contribution in [1.82, 2.24) is 25.4 Å². The molecule has 3 amide bonds. The second-order valence-electron chi connectivity index (χ2n) is 14.5. The molecule has 1 aromatic heterocycles. The highest BCUT2D eigenvalue weighted by atomic mass is 32.1. The van der Waals surface area contributed by atoms with Crippen LogP contribution in [-0.4, -0.2) is 93.4 Å². The summed E-state index contributed by atoms with van der Waals surface area (Å²) < 4.78 is 33.5. The molecule has 0 unspecified atom stereocenters. The number of amides is 3. The van der Waals surface area contributed by atoms with Crippen molar-refractivity contribution in [2.75, 3.05) is 20.1 Å². The van der Waals surface area contributed by atoms with Crippen molar-refractivity contribution in [3.05, 3.63) is 51.5 Å². The number of rotatable bonds is 17. The monoisotopic (exact) mass is 747 g/mol. The van der Waals surface area contributed by atoms with E-state index in [2.05, 4.69) is 20.5 Å². The number of carboxylic acid groups (broad SMARTS) is 1. The van der Waals surface area contributed by atoms with Crippen LogP contribution in [-0.2, 0) is 30.3 Å². The van der Waals surface area contributed by atoms with E-state index in [1.54, 1.807) is 11.9 Å². The number of hydrogen-bond acceptors (Lipinski definition) is 9. The fraction of sp³-hybridized carbons (Fsp3) is 0.622. The number of halogens is 2. The van der Waals surface area contributed by atoms with Crippen LogP contribution in [0.15, 0.2) is 23.6 Å². The number of aromatic nitrogens is 1. The molecule has 3 N–H and O–H groups in total. The molecule has 1 saturated heterocycles. The lowest BCUT2D eigenvalue weighted by atomic mass is 9.95. The van der Waals surface area contributed by atoms with Crippen LogP contribution in [0.4, 0.5) is 8.78 Å². The predicted molar refractivity (Wildman–Crippen MR) is 190 cm³/mol. The third kappa shape index (κ3) is 10.6. The summed E-state index contributed by atoms with van der Waals surface area (Å²) in [5, 5.41) is 17.1. The Kier molecular flexibility index (Phi) is 13.9. The molecule has 15 heteroatoms. The topological polar surface area (TPSA) is 158 Å². The van der Waals surface area contributed by atoms with Crippen LogP contribution in [0.1, 0.15) is 107 Å². The number of carbonyl (C=O) groups is 5. The van der Waals surface area contributed by atoms with Crippen LogP contribution in [0.2, 0.25) is 0 Å². The van der Waals surface area contributed by atoms with Gasteiger partial charge in [0, 0.05) is 43.9 Å². The molecule has 2 aliphatic rings. The second-order valence-corrected chi connectivity index (χ2v) is 15.4. The number of benzene rings is 1. The number of esters is 1. The zero-order chi connectivity index (χ0) is 38.3. The molecular weight excluding hydrogens is 696 g/mol. The summed E-state index contributed by atoms with van der Waals surface area (Å²) in [7, 11) is 1.69. The highest BCUT2D eigenvalue weighted by molar-refractivity contribution is 7.09. The van der Waals surface area contributed by atoms with Gasteiger partial charge in [0.1, 0.15) is 27.9 Å². The maximum Gasteiger partial charge on any atom is 0.306 e. The van der Waals surface area contributed by atoms with Crippen LogP contribution in [0.5, 0.6) is 0 Å². The van der Waals surface area contributed by atoms with Gasteiger partial charge in [-0.2, -0.15) is 0 Å². The molecular formula is C37H51F2N5O7S. The Labute approximate surface area is 307 Å². The van der Waals surface area contributed by atoms with E-state index in [0.29, 0.717) is 17.8 Å². The van der Waals surface area contributed by atoms with Gasteiger partial charge in [-0.1, -0.05) is 34.1 Å². The number of carboxylic acids is 1. The maximum atomic E-state index is 14.0. The van der Waals surface area contributed by atoms with E-state index in [0.717, 1.165) is 61.9 Å². The number of hydrogen-bond donors (Lipinski definition) is 3. The SMILES string of the molecule is CCN1CCCC[C@@H]1C(=O)NC1(C(=O)N(C)[C@H](C[C@@H](OC(C)=O)c2nc(C(=O)N[C@@H](Cc3cc(F)cc(F)c3)C[C@H](C)C(=O)O)cs2)C(C)C)CC1. The summed E-state index contributed by atoms with van der Waals surface area (Å²) in [6.07, 6.45) is 3.05. The number of ether oxygens (including phenoxy) is 1. The Bertz CT molecular complexity index is 1600. The number of likely N-dealkylation sites (N-methyl/N-ethyl adjacent to an activating group) is 2. The minimum absolute atomic E-state index is 0.00966. The molecule has 4 rings (SSSR count). The smallest absolute Gasteiger partial charge is 0.306 e. The number of nitrogens with zero attached hydrogens (tertiary/aromatic N) is 3. The van der Waals surface area contributed by atoms with Crippen molar-refractivity contribution in [3.8, 4) is 0 Å². The van der Waals surface area contributed by atoms with E-state index in [1.165, 1.54) is 19.2 Å². The summed E-state index contributed by atoms with van der Waals surface area (Å²) >= 11 is 1.09. The molecule has 2 heterocycles. The van der Waals surface area contributed by atoms with Crippen LogP contribution in [0.3, 0.4) is 0 Å². The highest BCUT2D eigenvalue weighted by Crippen LogP contribution is 2.40. The van der Waals surface area contributed by atoms with Gasteiger partial charge in [-0.05, 0) is 75.2 Å². The van der Waals surface area contributed by atoms with Gasteiger partial charge in [0.2, 0.25) is 11.8 Å². The van der Waals surface area contributed by atoms with E-state index in [1.807, 2.05) is 20.8 Å². The molecule has 2 aromatic rings. The van der Waals surface area contributed by atoms with Crippen LogP contribution >= 0.6 is 11.3 Å². The summed E-state index contributed by atoms with van der Waals surface area (Å²) in [4.78, 5) is 73.0. The summed E-state index contributed by atoms with van der Waals surface area (Å²) in [5.74, 6) is -5.17. The lowest BCUT2D eigenvalue weighted by molar-refractivity contribution is -0.149. The van der Waals surface area contributed by atoms with Gasteiger partial charge in [0.25, 0.3) is 5.91 Å². The standard InChI is InChI=1S/C37H51F2N5O7S/c1-7-44-13-9-8-10-29(44)33(47)42-37(11-12-37)36(50)43(6)30(21(2)3)19-31(51-23(5)45)34-41-28(20-52-34)32(46)40-27(14-22(4)35(48)49)17-24-15-25(38)18-26(39)16-24/h15-16,18,20-22,27,29-31H,7-14,17,19H2,1-6H3,(H,40,46)(H,42,47)(H,48,49)/t22-,27+,29+,30+,31+/m0/s1. The van der Waals surface area contributed by atoms with E-state index in [9.17, 15) is 37.9 Å². The molecule has 286 valence electrons. The summed E-state index contributed by atoms with van der Waals surface area (Å²) in [6.45, 7) is 10.3. The number of likely N-dealkylation sites (tertiary alicyclic amines) is 1. The van der Waals surface area contributed by atoms with Crippen LogP contribution < -0.4 is 10.6 Å². The van der Waals surface area contributed by atoms with Crippen LogP contribution in [0, 0.1) is 23.5 Å². The number of carbonyl (C=O) groups excluding carboxylic acids is 4. The highest BCUT2D eigenvalue weighted by Gasteiger charge is 2.54. The first-order valence-electron chi connectivity index (χ1n) is 18.0. The van der Waals surface area contributed by atoms with Gasteiger partial charge in [-0.25, -0.2) is 13.8 Å². The normalized spacial score (nSPS) is 19.2. The van der Waals surface area contributed by atoms with Gasteiger partial charge < -0.3 is 25.4 Å². The predicted octanol–water partition coefficient (Wildman–Crippen LogP) is 4.87. The average Bonchev–Trinajstić information content (AvgIpc) is 3.68. The van der Waals surface area contributed by atoms with Crippen molar-refractivity contribution in [2.24, 2.45) is 11.8 Å². The summed E-state index contributed by atoms with van der Waals surface area (Å²) in [5.41, 5.74) is -0.743. The molecule has 5 atom stereocenters. The van der Waals surface area contributed by atoms with Gasteiger partial charge in [0.15, 0.2) is 6.10 Å². The van der Waals surface area contributed by atoms with Gasteiger partial charge in [0.05, 0.1) is 12.0 Å². The third-order valence-corrected chi connectivity index (χ3v) is 11.0. The van der Waals surface area contributed by atoms with Crippen molar-refractivity contribution in [2.45, 2.75) is 116 Å². The fourth-order valence-electron chi connectivity index (χ4n) is 7.02. The lowest BCUT2D eigenvalue weighted by Gasteiger charge is -2.37. The largest absolute Gasteiger partial charge is 0.481 e. The molecule has 0 spiro atoms. The quantitative estimate of drug-likeness (QED) is 0.192.